The smallest absolute Gasteiger partial charge is 0.128 e. The van der Waals surface area contributed by atoms with Crippen molar-refractivity contribution in [2.75, 3.05) is 11.4 Å². The van der Waals surface area contributed by atoms with Crippen LogP contribution in [0, 0.1) is 5.92 Å². The van der Waals surface area contributed by atoms with E-state index in [4.69, 9.17) is 5.73 Å². The molecule has 98 valence electrons. The fourth-order valence-electron chi connectivity index (χ4n) is 3.53. The Balaban J connectivity index is 1.78. The van der Waals surface area contributed by atoms with E-state index >= 15 is 0 Å². The number of hydrogen-bond acceptors (Lipinski definition) is 3. The van der Waals surface area contributed by atoms with Crippen molar-refractivity contribution in [2.24, 2.45) is 11.7 Å². The normalized spacial score (nSPS) is 29.1. The van der Waals surface area contributed by atoms with Crippen LogP contribution in [0.3, 0.4) is 0 Å². The second-order valence-electron chi connectivity index (χ2n) is 5.83. The molecule has 3 rings (SSSR count). The minimum absolute atomic E-state index is 0.0764. The molecule has 1 saturated carbocycles. The van der Waals surface area contributed by atoms with Crippen LogP contribution in [0.5, 0.6) is 0 Å². The zero-order valence-corrected chi connectivity index (χ0v) is 11.2. The molecular formula is C15H23N3. The van der Waals surface area contributed by atoms with E-state index in [2.05, 4.69) is 22.0 Å². The van der Waals surface area contributed by atoms with Gasteiger partial charge in [0.15, 0.2) is 0 Å². The van der Waals surface area contributed by atoms with Crippen LogP contribution in [-0.4, -0.2) is 17.6 Å². The van der Waals surface area contributed by atoms with E-state index in [1.54, 1.807) is 0 Å². The number of rotatable bonds is 2. The van der Waals surface area contributed by atoms with Gasteiger partial charge < -0.3 is 10.6 Å². The molecule has 1 aliphatic carbocycles. The van der Waals surface area contributed by atoms with Gasteiger partial charge in [-0.25, -0.2) is 4.98 Å². The van der Waals surface area contributed by atoms with Crippen molar-refractivity contribution in [3.63, 3.8) is 0 Å². The zero-order chi connectivity index (χ0) is 12.5. The van der Waals surface area contributed by atoms with E-state index in [0.29, 0.717) is 0 Å². The standard InChI is InChI=1S/C15H23N3/c1-11(16)13-6-7-15(17-10-13)18-9-8-12-4-2-3-5-14(12)18/h6-7,10-12,14H,2-5,8-9,16H2,1H3/t11-,12?,14?/m1/s1. The molecule has 0 amide bonds. The Hall–Kier alpha value is -1.09. The summed E-state index contributed by atoms with van der Waals surface area (Å²) in [7, 11) is 0. The van der Waals surface area contributed by atoms with Crippen molar-refractivity contribution >= 4 is 5.82 Å². The first-order valence-electron chi connectivity index (χ1n) is 7.24. The molecule has 2 aliphatic rings. The summed E-state index contributed by atoms with van der Waals surface area (Å²) in [6, 6.07) is 5.10. The second-order valence-corrected chi connectivity index (χ2v) is 5.83. The van der Waals surface area contributed by atoms with Crippen molar-refractivity contribution in [3.8, 4) is 0 Å². The number of aromatic nitrogens is 1. The summed E-state index contributed by atoms with van der Waals surface area (Å²) in [5.41, 5.74) is 6.99. The fraction of sp³-hybridized carbons (Fsp3) is 0.667. The van der Waals surface area contributed by atoms with Crippen molar-refractivity contribution < 1.29 is 0 Å². The number of anilines is 1. The number of nitrogens with zero attached hydrogens (tertiary/aromatic N) is 2. The number of fused-ring (bicyclic) bond motifs is 1. The van der Waals surface area contributed by atoms with E-state index in [-0.39, 0.29) is 6.04 Å². The molecule has 2 fully saturated rings. The number of nitrogens with two attached hydrogens (primary N) is 1. The lowest BCUT2D eigenvalue weighted by molar-refractivity contribution is 0.341. The molecule has 0 spiro atoms. The van der Waals surface area contributed by atoms with Gasteiger partial charge in [0.25, 0.3) is 0 Å². The summed E-state index contributed by atoms with van der Waals surface area (Å²) in [6.07, 6.45) is 8.86. The molecule has 2 unspecified atom stereocenters. The molecule has 1 aromatic heterocycles. The van der Waals surface area contributed by atoms with E-state index in [1.165, 1.54) is 38.6 Å². The molecule has 1 aliphatic heterocycles. The third-order valence-electron chi connectivity index (χ3n) is 4.60. The Morgan fingerprint density at radius 2 is 2.11 bits per heavy atom. The Bertz CT molecular complexity index is 399. The predicted octanol–water partition coefficient (Wildman–Crippen LogP) is 2.87. The second kappa shape index (κ2) is 4.88. The van der Waals surface area contributed by atoms with Gasteiger partial charge in [-0.1, -0.05) is 18.9 Å². The first-order valence-corrected chi connectivity index (χ1v) is 7.24. The van der Waals surface area contributed by atoms with Gasteiger partial charge in [-0.15, -0.1) is 0 Å². The molecule has 1 aromatic rings. The zero-order valence-electron chi connectivity index (χ0n) is 11.2. The highest BCUT2D eigenvalue weighted by atomic mass is 15.2. The highest BCUT2D eigenvalue weighted by Crippen LogP contribution is 2.38. The Kier molecular flexibility index (Phi) is 3.25. The summed E-state index contributed by atoms with van der Waals surface area (Å²) in [4.78, 5) is 7.14. The van der Waals surface area contributed by atoms with Crippen LogP contribution in [0.1, 0.15) is 50.6 Å². The lowest BCUT2D eigenvalue weighted by atomic mass is 9.85. The van der Waals surface area contributed by atoms with Gasteiger partial charge in [0.05, 0.1) is 0 Å². The summed E-state index contributed by atoms with van der Waals surface area (Å²) < 4.78 is 0. The summed E-state index contributed by atoms with van der Waals surface area (Å²) in [6.45, 7) is 3.18. The first kappa shape index (κ1) is 12.0. The Morgan fingerprint density at radius 1 is 1.28 bits per heavy atom. The van der Waals surface area contributed by atoms with Crippen LogP contribution in [0.4, 0.5) is 5.82 Å². The van der Waals surface area contributed by atoms with Crippen molar-refractivity contribution in [1.82, 2.24) is 4.98 Å². The van der Waals surface area contributed by atoms with Crippen LogP contribution in [-0.2, 0) is 0 Å². The maximum Gasteiger partial charge on any atom is 0.128 e. The molecule has 3 atom stereocenters. The third kappa shape index (κ3) is 2.12. The summed E-state index contributed by atoms with van der Waals surface area (Å²) in [5, 5.41) is 0. The van der Waals surface area contributed by atoms with Gasteiger partial charge in [0, 0.05) is 24.8 Å². The maximum atomic E-state index is 5.87. The topological polar surface area (TPSA) is 42.1 Å². The minimum atomic E-state index is 0.0764. The maximum absolute atomic E-state index is 5.87. The first-order chi connectivity index (χ1) is 8.75. The van der Waals surface area contributed by atoms with Gasteiger partial charge in [-0.2, -0.15) is 0 Å². The van der Waals surface area contributed by atoms with Crippen LogP contribution in [0.15, 0.2) is 18.3 Å². The quantitative estimate of drug-likeness (QED) is 0.871. The highest BCUT2D eigenvalue weighted by molar-refractivity contribution is 5.42. The van der Waals surface area contributed by atoms with Crippen molar-refractivity contribution in [3.05, 3.63) is 23.9 Å². The molecule has 18 heavy (non-hydrogen) atoms. The van der Waals surface area contributed by atoms with Gasteiger partial charge in [-0.3, -0.25) is 0 Å². The van der Waals surface area contributed by atoms with Crippen LogP contribution in [0.2, 0.25) is 0 Å². The Morgan fingerprint density at radius 3 is 2.83 bits per heavy atom. The molecule has 0 radical (unpaired) electrons. The number of hydrogen-bond donors (Lipinski definition) is 1. The fourth-order valence-corrected chi connectivity index (χ4v) is 3.53. The molecule has 3 nitrogen and oxygen atoms in total. The summed E-state index contributed by atoms with van der Waals surface area (Å²) >= 11 is 0. The van der Waals surface area contributed by atoms with Crippen molar-refractivity contribution in [1.29, 1.82) is 0 Å². The molecule has 2 N–H and O–H groups in total. The highest BCUT2D eigenvalue weighted by Gasteiger charge is 2.36. The lowest BCUT2D eigenvalue weighted by Crippen LogP contribution is -2.35. The van der Waals surface area contributed by atoms with Gasteiger partial charge in [0.2, 0.25) is 0 Å². The largest absolute Gasteiger partial charge is 0.353 e. The SMILES string of the molecule is C[C@@H](N)c1ccc(N2CCC3CCCCC32)nc1. The van der Waals surface area contributed by atoms with Gasteiger partial charge in [0.1, 0.15) is 5.82 Å². The molecule has 3 heteroatoms. The monoisotopic (exact) mass is 245 g/mol. The lowest BCUT2D eigenvalue weighted by Gasteiger charge is -2.32. The van der Waals surface area contributed by atoms with Crippen LogP contribution >= 0.6 is 0 Å². The number of pyridine rings is 1. The molecular weight excluding hydrogens is 222 g/mol. The average molecular weight is 245 g/mol. The van der Waals surface area contributed by atoms with E-state index < -0.39 is 0 Å². The van der Waals surface area contributed by atoms with Crippen LogP contribution < -0.4 is 10.6 Å². The minimum Gasteiger partial charge on any atom is -0.353 e. The van der Waals surface area contributed by atoms with E-state index in [9.17, 15) is 0 Å². The third-order valence-corrected chi connectivity index (χ3v) is 4.60. The van der Waals surface area contributed by atoms with Gasteiger partial charge in [-0.05, 0) is 43.7 Å². The predicted molar refractivity (Wildman–Crippen MR) is 74.5 cm³/mol. The van der Waals surface area contributed by atoms with E-state index in [1.807, 2.05) is 13.1 Å². The molecule has 1 saturated heterocycles. The van der Waals surface area contributed by atoms with E-state index in [0.717, 1.165) is 23.3 Å². The molecule has 2 heterocycles. The Labute approximate surface area is 109 Å². The molecule has 0 bridgehead atoms. The van der Waals surface area contributed by atoms with Crippen molar-refractivity contribution in [2.45, 2.75) is 51.1 Å². The molecule has 0 aromatic carbocycles. The summed E-state index contributed by atoms with van der Waals surface area (Å²) in [5.74, 6) is 2.06. The average Bonchev–Trinajstić information content (AvgIpc) is 2.82. The van der Waals surface area contributed by atoms with Crippen LogP contribution in [0.25, 0.3) is 0 Å². The van der Waals surface area contributed by atoms with Gasteiger partial charge >= 0.3 is 0 Å².